The first-order valence-corrected chi connectivity index (χ1v) is 8.78. The van der Waals surface area contributed by atoms with Crippen LogP contribution < -0.4 is 4.72 Å². The van der Waals surface area contributed by atoms with Crippen molar-refractivity contribution in [3.63, 3.8) is 0 Å². The van der Waals surface area contributed by atoms with Crippen molar-refractivity contribution < 1.29 is 8.42 Å². The van der Waals surface area contributed by atoms with E-state index in [1.165, 1.54) is 0 Å². The zero-order valence-electron chi connectivity index (χ0n) is 13.7. The molecule has 0 aliphatic heterocycles. The third-order valence-corrected chi connectivity index (χ3v) is 5.28. The first-order valence-electron chi connectivity index (χ1n) is 7.29. The Labute approximate surface area is 132 Å². The summed E-state index contributed by atoms with van der Waals surface area (Å²) < 4.78 is 29.4. The van der Waals surface area contributed by atoms with Gasteiger partial charge in [-0.2, -0.15) is 5.10 Å². The summed E-state index contributed by atoms with van der Waals surface area (Å²) in [6.45, 7) is 10.1. The average molecular weight is 321 g/mol. The molecule has 0 aliphatic carbocycles. The lowest BCUT2D eigenvalue weighted by atomic mass is 10.1. The predicted molar refractivity (Wildman–Crippen MR) is 87.4 cm³/mol. The minimum Gasteiger partial charge on any atom is -0.268 e. The van der Waals surface area contributed by atoms with Crippen LogP contribution in [0.2, 0.25) is 0 Å². The minimum absolute atomic E-state index is 0.246. The van der Waals surface area contributed by atoms with Gasteiger partial charge in [0.1, 0.15) is 0 Å². The largest absolute Gasteiger partial charge is 0.268 e. The van der Waals surface area contributed by atoms with Crippen molar-refractivity contribution in [3.8, 4) is 0 Å². The third kappa shape index (κ3) is 3.75. The van der Waals surface area contributed by atoms with Crippen LogP contribution in [-0.2, 0) is 16.6 Å². The van der Waals surface area contributed by atoms with Gasteiger partial charge in [-0.15, -0.1) is 0 Å². The highest BCUT2D eigenvalue weighted by atomic mass is 32.2. The van der Waals surface area contributed by atoms with E-state index in [1.54, 1.807) is 12.1 Å². The van der Waals surface area contributed by atoms with Gasteiger partial charge in [0.2, 0.25) is 10.0 Å². The molecule has 0 fully saturated rings. The van der Waals surface area contributed by atoms with Crippen LogP contribution in [-0.4, -0.2) is 24.2 Å². The van der Waals surface area contributed by atoms with Crippen LogP contribution in [0, 0.1) is 27.7 Å². The maximum Gasteiger partial charge on any atom is 0.240 e. The number of nitrogens with one attached hydrogen (secondary N) is 1. The van der Waals surface area contributed by atoms with Crippen molar-refractivity contribution in [3.05, 3.63) is 46.8 Å². The summed E-state index contributed by atoms with van der Waals surface area (Å²) >= 11 is 0. The standard InChI is InChI=1S/C16H23N3O2S/c1-11-6-7-16(8-12(11)2)22(20,21)18-14(4)10-19-15(5)9-13(3)17-19/h6-9,14,18H,10H2,1-5H3/t14-/m1/s1. The SMILES string of the molecule is Cc1cc(C)n(C[C@@H](C)NS(=O)(=O)c2ccc(C)c(C)c2)n1. The fraction of sp³-hybridized carbons (Fsp3) is 0.438. The monoisotopic (exact) mass is 321 g/mol. The highest BCUT2D eigenvalue weighted by Gasteiger charge is 2.18. The molecule has 2 aromatic rings. The summed E-state index contributed by atoms with van der Waals surface area (Å²) in [5, 5.41) is 4.36. The molecule has 0 radical (unpaired) electrons. The Hall–Kier alpha value is -1.66. The van der Waals surface area contributed by atoms with Crippen molar-refractivity contribution >= 4 is 10.0 Å². The molecule has 0 spiro atoms. The van der Waals surface area contributed by atoms with Gasteiger partial charge in [-0.1, -0.05) is 6.07 Å². The van der Waals surface area contributed by atoms with Crippen LogP contribution in [0.1, 0.15) is 29.4 Å². The highest BCUT2D eigenvalue weighted by Crippen LogP contribution is 2.15. The van der Waals surface area contributed by atoms with Gasteiger partial charge in [0.15, 0.2) is 0 Å². The van der Waals surface area contributed by atoms with Crippen LogP contribution in [0.4, 0.5) is 0 Å². The van der Waals surface area contributed by atoms with Gasteiger partial charge in [0.25, 0.3) is 0 Å². The Bertz CT molecular complexity index is 779. The molecule has 1 heterocycles. The minimum atomic E-state index is -3.52. The summed E-state index contributed by atoms with van der Waals surface area (Å²) in [7, 11) is -3.52. The van der Waals surface area contributed by atoms with E-state index in [4.69, 9.17) is 0 Å². The van der Waals surface area contributed by atoms with Gasteiger partial charge in [-0.05, 0) is 63.9 Å². The van der Waals surface area contributed by atoms with Crippen molar-refractivity contribution in [2.75, 3.05) is 0 Å². The smallest absolute Gasteiger partial charge is 0.240 e. The molecule has 0 amide bonds. The topological polar surface area (TPSA) is 64.0 Å². The quantitative estimate of drug-likeness (QED) is 0.920. The molecule has 1 N–H and O–H groups in total. The second-order valence-electron chi connectivity index (χ2n) is 5.88. The van der Waals surface area contributed by atoms with Crippen LogP contribution in [0.5, 0.6) is 0 Å². The fourth-order valence-corrected chi connectivity index (χ4v) is 3.69. The second-order valence-corrected chi connectivity index (χ2v) is 7.59. The van der Waals surface area contributed by atoms with E-state index in [-0.39, 0.29) is 6.04 Å². The van der Waals surface area contributed by atoms with Crippen molar-refractivity contribution in [2.45, 2.75) is 52.1 Å². The molecule has 2 rings (SSSR count). The zero-order chi connectivity index (χ0) is 16.5. The van der Waals surface area contributed by atoms with Gasteiger partial charge in [0, 0.05) is 11.7 Å². The fourth-order valence-electron chi connectivity index (χ4n) is 2.37. The summed E-state index contributed by atoms with van der Waals surface area (Å²) in [5.74, 6) is 0. The molecule has 1 aromatic heterocycles. The molecular weight excluding hydrogens is 298 g/mol. The Kier molecular flexibility index (Phi) is 4.72. The number of benzene rings is 1. The molecule has 0 bridgehead atoms. The van der Waals surface area contributed by atoms with E-state index in [0.29, 0.717) is 11.4 Å². The first kappa shape index (κ1) is 16.7. The van der Waals surface area contributed by atoms with E-state index in [1.807, 2.05) is 51.4 Å². The number of hydrogen-bond acceptors (Lipinski definition) is 3. The number of nitrogens with zero attached hydrogens (tertiary/aromatic N) is 2. The maximum atomic E-state index is 12.4. The molecule has 22 heavy (non-hydrogen) atoms. The molecule has 1 atom stereocenters. The number of rotatable bonds is 5. The normalized spacial score (nSPS) is 13.3. The molecule has 0 unspecified atom stereocenters. The lowest BCUT2D eigenvalue weighted by Crippen LogP contribution is -2.36. The molecule has 6 heteroatoms. The predicted octanol–water partition coefficient (Wildman–Crippen LogP) is 2.48. The van der Waals surface area contributed by atoms with E-state index in [9.17, 15) is 8.42 Å². The molecule has 120 valence electrons. The van der Waals surface area contributed by atoms with E-state index >= 15 is 0 Å². The second kappa shape index (κ2) is 6.22. The van der Waals surface area contributed by atoms with Crippen molar-refractivity contribution in [2.24, 2.45) is 0 Å². The van der Waals surface area contributed by atoms with E-state index in [2.05, 4.69) is 9.82 Å². The summed E-state index contributed by atoms with van der Waals surface area (Å²) in [4.78, 5) is 0.302. The molecule has 1 aromatic carbocycles. The Balaban J connectivity index is 2.14. The van der Waals surface area contributed by atoms with Crippen molar-refractivity contribution in [1.29, 1.82) is 0 Å². The summed E-state index contributed by atoms with van der Waals surface area (Å²) in [6, 6.07) is 6.90. The number of hydrogen-bond donors (Lipinski definition) is 1. The maximum absolute atomic E-state index is 12.4. The zero-order valence-corrected chi connectivity index (χ0v) is 14.5. The van der Waals surface area contributed by atoms with Gasteiger partial charge < -0.3 is 0 Å². The van der Waals surface area contributed by atoms with E-state index < -0.39 is 10.0 Å². The van der Waals surface area contributed by atoms with Crippen molar-refractivity contribution in [1.82, 2.24) is 14.5 Å². The van der Waals surface area contributed by atoms with Gasteiger partial charge in [-0.3, -0.25) is 4.68 Å². The van der Waals surface area contributed by atoms with Gasteiger partial charge in [0.05, 0.1) is 17.1 Å². The van der Waals surface area contributed by atoms with Gasteiger partial charge in [-0.25, -0.2) is 13.1 Å². The first-order chi connectivity index (χ1) is 10.2. The molecule has 0 aliphatic rings. The third-order valence-electron chi connectivity index (χ3n) is 3.70. The summed E-state index contributed by atoms with van der Waals surface area (Å²) in [6.07, 6.45) is 0. The summed E-state index contributed by atoms with van der Waals surface area (Å²) in [5.41, 5.74) is 4.00. The Morgan fingerprint density at radius 3 is 2.36 bits per heavy atom. The van der Waals surface area contributed by atoms with Crippen LogP contribution in [0.25, 0.3) is 0 Å². The number of aromatic nitrogens is 2. The van der Waals surface area contributed by atoms with E-state index in [0.717, 1.165) is 22.5 Å². The molecular formula is C16H23N3O2S. The Morgan fingerprint density at radius 1 is 1.14 bits per heavy atom. The van der Waals surface area contributed by atoms with Gasteiger partial charge >= 0.3 is 0 Å². The highest BCUT2D eigenvalue weighted by molar-refractivity contribution is 7.89. The lowest BCUT2D eigenvalue weighted by molar-refractivity contribution is 0.485. The molecule has 0 saturated heterocycles. The van der Waals surface area contributed by atoms with Crippen LogP contribution in [0.3, 0.4) is 0 Å². The number of aryl methyl sites for hydroxylation is 4. The van der Waals surface area contributed by atoms with Crippen LogP contribution in [0.15, 0.2) is 29.2 Å². The average Bonchev–Trinajstić information content (AvgIpc) is 2.70. The molecule has 5 nitrogen and oxygen atoms in total. The number of sulfonamides is 1. The lowest BCUT2D eigenvalue weighted by Gasteiger charge is -2.16. The van der Waals surface area contributed by atoms with Crippen LogP contribution >= 0.6 is 0 Å². The Morgan fingerprint density at radius 2 is 1.82 bits per heavy atom. The molecule has 0 saturated carbocycles.